The lowest BCUT2D eigenvalue weighted by molar-refractivity contribution is 0.109. The van der Waals surface area contributed by atoms with Gasteiger partial charge in [-0.2, -0.15) is 10.4 Å². The molecule has 5 heterocycles. The largest absolute Gasteiger partial charge is 0.376 e. The maximum absolute atomic E-state index is 9.63. The molecular weight excluding hydrogens is 392 g/mol. The van der Waals surface area contributed by atoms with Gasteiger partial charge in [0.05, 0.1) is 30.2 Å². The molecule has 0 radical (unpaired) electrons. The van der Waals surface area contributed by atoms with Crippen LogP contribution in [0.15, 0.2) is 24.3 Å². The summed E-state index contributed by atoms with van der Waals surface area (Å²) in [5.74, 6) is 2.35. The summed E-state index contributed by atoms with van der Waals surface area (Å²) in [5.41, 5.74) is 4.69. The van der Waals surface area contributed by atoms with E-state index in [1.165, 1.54) is 0 Å². The molecule has 9 heteroatoms. The quantitative estimate of drug-likeness (QED) is 0.639. The third-order valence-electron chi connectivity index (χ3n) is 5.80. The number of hydrogen-bond acceptors (Lipinski definition) is 8. The Morgan fingerprint density at radius 2 is 1.74 bits per heavy atom. The third kappa shape index (κ3) is 3.70. The first-order chi connectivity index (χ1) is 15.1. The van der Waals surface area contributed by atoms with Crippen molar-refractivity contribution in [3.63, 3.8) is 0 Å². The third-order valence-corrected chi connectivity index (χ3v) is 5.80. The zero-order chi connectivity index (χ0) is 21.4. The molecule has 0 atom stereocenters. The van der Waals surface area contributed by atoms with Gasteiger partial charge >= 0.3 is 0 Å². The minimum absolute atomic E-state index is 0.539. The van der Waals surface area contributed by atoms with Crippen LogP contribution in [0.25, 0.3) is 5.82 Å². The molecule has 0 unspecified atom stereocenters. The normalized spacial score (nSPS) is 16.2. The fraction of sp³-hybridized carbons (Fsp3) is 0.409. The smallest absolute Gasteiger partial charge is 0.176 e. The molecule has 0 aromatic carbocycles. The van der Waals surface area contributed by atoms with Crippen LogP contribution in [0, 0.1) is 25.2 Å². The molecular formula is C22H24N8O. The molecule has 1 saturated heterocycles. The summed E-state index contributed by atoms with van der Waals surface area (Å²) in [4.78, 5) is 9.24. The highest BCUT2D eigenvalue weighted by Gasteiger charge is 2.24. The van der Waals surface area contributed by atoms with Crippen molar-refractivity contribution in [2.24, 2.45) is 0 Å². The van der Waals surface area contributed by atoms with Crippen LogP contribution in [0.1, 0.15) is 28.2 Å². The van der Waals surface area contributed by atoms with Crippen LogP contribution < -0.4 is 9.80 Å². The SMILES string of the molecule is Cc1cc(C)n(-c2ccc(N3CCN(c4nc5c(cc4C#N)COCC5)CC3)nn2)n1. The fourth-order valence-corrected chi connectivity index (χ4v) is 4.21. The van der Waals surface area contributed by atoms with Gasteiger partial charge in [-0.15, -0.1) is 10.2 Å². The van der Waals surface area contributed by atoms with Gasteiger partial charge in [0.1, 0.15) is 11.9 Å². The van der Waals surface area contributed by atoms with Crippen LogP contribution in [0.2, 0.25) is 0 Å². The first-order valence-electron chi connectivity index (χ1n) is 10.5. The number of nitriles is 1. The average Bonchev–Trinajstić information content (AvgIpc) is 3.16. The Labute approximate surface area is 180 Å². The van der Waals surface area contributed by atoms with Gasteiger partial charge in [-0.25, -0.2) is 9.67 Å². The number of rotatable bonds is 3. The molecule has 158 valence electrons. The summed E-state index contributed by atoms with van der Waals surface area (Å²) in [6, 6.07) is 10.2. The van der Waals surface area contributed by atoms with Crippen molar-refractivity contribution in [3.8, 4) is 11.9 Å². The highest BCUT2D eigenvalue weighted by atomic mass is 16.5. The first kappa shape index (κ1) is 19.5. The molecule has 31 heavy (non-hydrogen) atoms. The van der Waals surface area contributed by atoms with Gasteiger partial charge in [-0.3, -0.25) is 0 Å². The molecule has 1 fully saturated rings. The number of anilines is 2. The molecule has 2 aliphatic rings. The Hall–Kier alpha value is -3.51. The molecule has 0 amide bonds. The van der Waals surface area contributed by atoms with E-state index in [-0.39, 0.29) is 0 Å². The number of aryl methyl sites for hydroxylation is 2. The fourth-order valence-electron chi connectivity index (χ4n) is 4.21. The maximum atomic E-state index is 9.63. The number of ether oxygens (including phenoxy) is 1. The van der Waals surface area contributed by atoms with Crippen molar-refractivity contribution in [1.29, 1.82) is 5.26 Å². The maximum Gasteiger partial charge on any atom is 0.176 e. The van der Waals surface area contributed by atoms with Gasteiger partial charge in [-0.05, 0) is 38.1 Å². The van der Waals surface area contributed by atoms with E-state index in [0.717, 1.165) is 66.9 Å². The Balaban J connectivity index is 1.30. The standard InChI is InChI=1S/C22H24N8O/c1-15-11-16(2)30(27-15)21-4-3-20(25-26-21)28-6-8-29(9-7-28)22-17(13-23)12-18-14-31-10-5-19(18)24-22/h3-4,11-12H,5-10,14H2,1-2H3. The van der Waals surface area contributed by atoms with Gasteiger partial charge in [0, 0.05) is 43.9 Å². The highest BCUT2D eigenvalue weighted by molar-refractivity contribution is 5.57. The number of nitrogens with zero attached hydrogens (tertiary/aromatic N) is 8. The topological polar surface area (TPSA) is 96.0 Å². The van der Waals surface area contributed by atoms with Gasteiger partial charge in [0.25, 0.3) is 0 Å². The highest BCUT2D eigenvalue weighted by Crippen LogP contribution is 2.26. The van der Waals surface area contributed by atoms with E-state index in [1.54, 1.807) is 4.68 Å². The molecule has 2 aliphatic heterocycles. The molecule has 0 N–H and O–H groups in total. The number of fused-ring (bicyclic) bond motifs is 1. The molecule has 0 spiro atoms. The molecule has 0 bridgehead atoms. The Morgan fingerprint density at radius 1 is 1.00 bits per heavy atom. The Bertz CT molecular complexity index is 1140. The van der Waals surface area contributed by atoms with Crippen LogP contribution in [0.4, 0.5) is 11.6 Å². The van der Waals surface area contributed by atoms with E-state index < -0.39 is 0 Å². The van der Waals surface area contributed by atoms with Crippen molar-refractivity contribution in [2.45, 2.75) is 26.9 Å². The predicted octanol–water partition coefficient (Wildman–Crippen LogP) is 1.95. The lowest BCUT2D eigenvalue weighted by atomic mass is 10.1. The molecule has 0 aliphatic carbocycles. The van der Waals surface area contributed by atoms with Crippen molar-refractivity contribution >= 4 is 11.6 Å². The summed E-state index contributed by atoms with van der Waals surface area (Å²) in [6.45, 7) is 8.33. The molecule has 0 saturated carbocycles. The summed E-state index contributed by atoms with van der Waals surface area (Å²) >= 11 is 0. The second-order valence-corrected chi connectivity index (χ2v) is 7.94. The minimum Gasteiger partial charge on any atom is -0.376 e. The second-order valence-electron chi connectivity index (χ2n) is 7.94. The minimum atomic E-state index is 0.539. The van der Waals surface area contributed by atoms with E-state index >= 15 is 0 Å². The predicted molar refractivity (Wildman–Crippen MR) is 115 cm³/mol. The van der Waals surface area contributed by atoms with E-state index in [0.29, 0.717) is 24.6 Å². The zero-order valence-electron chi connectivity index (χ0n) is 17.7. The Morgan fingerprint density at radius 3 is 2.42 bits per heavy atom. The van der Waals surface area contributed by atoms with Crippen LogP contribution >= 0.6 is 0 Å². The summed E-state index contributed by atoms with van der Waals surface area (Å²) in [5, 5.41) is 22.9. The van der Waals surface area contributed by atoms with Gasteiger partial charge in [0.15, 0.2) is 11.6 Å². The van der Waals surface area contributed by atoms with Gasteiger partial charge in [0.2, 0.25) is 0 Å². The summed E-state index contributed by atoms with van der Waals surface area (Å²) < 4.78 is 7.31. The van der Waals surface area contributed by atoms with E-state index in [4.69, 9.17) is 9.72 Å². The van der Waals surface area contributed by atoms with Crippen LogP contribution in [-0.4, -0.2) is 57.7 Å². The molecule has 3 aromatic heterocycles. The van der Waals surface area contributed by atoms with E-state index in [9.17, 15) is 5.26 Å². The summed E-state index contributed by atoms with van der Waals surface area (Å²) in [6.07, 6.45) is 0.797. The number of piperazine rings is 1. The number of pyridine rings is 1. The van der Waals surface area contributed by atoms with Gasteiger partial charge < -0.3 is 14.5 Å². The van der Waals surface area contributed by atoms with Crippen molar-refractivity contribution < 1.29 is 4.74 Å². The first-order valence-corrected chi connectivity index (χ1v) is 10.5. The van der Waals surface area contributed by atoms with Crippen LogP contribution in [0.5, 0.6) is 0 Å². The second kappa shape index (κ2) is 7.96. The zero-order valence-corrected chi connectivity index (χ0v) is 17.7. The van der Waals surface area contributed by atoms with E-state index in [2.05, 4.69) is 31.2 Å². The van der Waals surface area contributed by atoms with Crippen LogP contribution in [0.3, 0.4) is 0 Å². The Kier molecular flexibility index (Phi) is 5.00. The molecule has 3 aromatic rings. The van der Waals surface area contributed by atoms with Crippen molar-refractivity contribution in [1.82, 2.24) is 25.0 Å². The van der Waals surface area contributed by atoms with E-state index in [1.807, 2.05) is 38.1 Å². The summed E-state index contributed by atoms with van der Waals surface area (Å²) in [7, 11) is 0. The number of aromatic nitrogens is 5. The van der Waals surface area contributed by atoms with Crippen molar-refractivity contribution in [2.75, 3.05) is 42.6 Å². The molecule has 5 rings (SSSR count). The monoisotopic (exact) mass is 416 g/mol. The number of hydrogen-bond donors (Lipinski definition) is 0. The lowest BCUT2D eigenvalue weighted by Crippen LogP contribution is -2.47. The van der Waals surface area contributed by atoms with Crippen molar-refractivity contribution in [3.05, 3.63) is 52.5 Å². The molecule has 9 nitrogen and oxygen atoms in total. The average molecular weight is 416 g/mol. The van der Waals surface area contributed by atoms with Gasteiger partial charge in [-0.1, -0.05) is 0 Å². The lowest BCUT2D eigenvalue weighted by Gasteiger charge is -2.36. The van der Waals surface area contributed by atoms with Crippen LogP contribution in [-0.2, 0) is 17.8 Å².